The van der Waals surface area contributed by atoms with Crippen molar-refractivity contribution in [2.45, 2.75) is 50.2 Å². The minimum Gasteiger partial charge on any atom is -0.491 e. The fraction of sp³-hybridized carbons (Fsp3) is 0.393. The lowest BCUT2D eigenvalue weighted by atomic mass is 9.58. The quantitative estimate of drug-likeness (QED) is 0.516. The van der Waals surface area contributed by atoms with Crippen LogP contribution in [0.2, 0.25) is 0 Å². The Morgan fingerprint density at radius 2 is 1.69 bits per heavy atom. The van der Waals surface area contributed by atoms with Crippen LogP contribution in [-0.2, 0) is 4.74 Å². The fourth-order valence-corrected chi connectivity index (χ4v) is 6.76. The van der Waals surface area contributed by atoms with Crippen LogP contribution in [0.3, 0.4) is 0 Å². The van der Waals surface area contributed by atoms with Crippen molar-refractivity contribution in [3.05, 3.63) is 66.2 Å². The molecule has 2 aliphatic heterocycles. The van der Waals surface area contributed by atoms with Gasteiger partial charge in [0, 0.05) is 0 Å². The molecule has 4 nitrogen and oxygen atoms in total. The number of benzene rings is 3. The summed E-state index contributed by atoms with van der Waals surface area (Å²) in [5.41, 5.74) is 2.40. The highest BCUT2D eigenvalue weighted by molar-refractivity contribution is 5.95. The zero-order valence-electron chi connectivity index (χ0n) is 18.3. The fourth-order valence-electron chi connectivity index (χ4n) is 6.76. The van der Waals surface area contributed by atoms with Gasteiger partial charge in [-0.05, 0) is 103 Å². The third-order valence-electron chi connectivity index (χ3n) is 7.65. The van der Waals surface area contributed by atoms with Crippen molar-refractivity contribution in [3.63, 3.8) is 0 Å². The highest BCUT2D eigenvalue weighted by Crippen LogP contribution is 2.57. The standard InChI is InChI=1S/C28H28O4/c1-27-13-18-9-19(14-27)16-28(15-18,32-27)17-31-25-4-2-3-20(12-25)21-5-6-23-11-24(26(29)30)8-7-22(23)10-21/h2-8,10-12,18-19H,9,13-17H2,1H3,(H,29,30). The van der Waals surface area contributed by atoms with E-state index in [-0.39, 0.29) is 11.2 Å². The van der Waals surface area contributed by atoms with E-state index >= 15 is 0 Å². The maximum Gasteiger partial charge on any atom is 0.335 e. The largest absolute Gasteiger partial charge is 0.491 e. The molecule has 7 rings (SSSR count). The van der Waals surface area contributed by atoms with Crippen LogP contribution in [-0.4, -0.2) is 28.9 Å². The molecule has 2 saturated heterocycles. The summed E-state index contributed by atoms with van der Waals surface area (Å²) in [6.07, 6.45) is 6.03. The molecule has 4 fully saturated rings. The summed E-state index contributed by atoms with van der Waals surface area (Å²) in [5.74, 6) is 1.54. The Balaban J connectivity index is 1.22. The molecule has 3 aromatic carbocycles. The third kappa shape index (κ3) is 3.47. The molecule has 0 spiro atoms. The molecule has 2 heterocycles. The molecule has 0 aromatic heterocycles. The molecule has 0 radical (unpaired) electrons. The highest BCUT2D eigenvalue weighted by atomic mass is 16.6. The Labute approximate surface area is 188 Å². The number of carboxylic acids is 1. The van der Waals surface area contributed by atoms with Gasteiger partial charge in [0.2, 0.25) is 0 Å². The molecule has 0 amide bonds. The van der Waals surface area contributed by atoms with E-state index in [0.29, 0.717) is 12.2 Å². The number of aromatic carboxylic acids is 1. The van der Waals surface area contributed by atoms with E-state index in [1.165, 1.54) is 19.3 Å². The first-order valence-electron chi connectivity index (χ1n) is 11.6. The molecule has 2 aliphatic carbocycles. The Hall–Kier alpha value is -2.85. The minimum atomic E-state index is -0.905. The number of ether oxygens (including phenoxy) is 2. The van der Waals surface area contributed by atoms with Gasteiger partial charge in [-0.25, -0.2) is 4.79 Å². The van der Waals surface area contributed by atoms with Crippen LogP contribution in [0.15, 0.2) is 60.7 Å². The molecule has 3 aromatic rings. The summed E-state index contributed by atoms with van der Waals surface area (Å²) in [4.78, 5) is 11.2. The number of carboxylic acid groups (broad SMARTS) is 1. The SMILES string of the molecule is CC12CC3CC(C1)CC(COc1cccc(-c4ccc5cc(C(=O)O)ccc5c4)c1)(C3)O2. The van der Waals surface area contributed by atoms with E-state index in [0.717, 1.165) is 52.3 Å². The molecule has 1 N–H and O–H groups in total. The van der Waals surface area contributed by atoms with Crippen molar-refractivity contribution >= 4 is 16.7 Å². The smallest absolute Gasteiger partial charge is 0.335 e. The predicted molar refractivity (Wildman–Crippen MR) is 124 cm³/mol. The van der Waals surface area contributed by atoms with E-state index < -0.39 is 5.97 Å². The molecular weight excluding hydrogens is 400 g/mol. The first kappa shape index (κ1) is 19.8. The van der Waals surface area contributed by atoms with Gasteiger partial charge >= 0.3 is 5.97 Å². The lowest BCUT2D eigenvalue weighted by Crippen LogP contribution is -2.62. The summed E-state index contributed by atoms with van der Waals surface area (Å²) in [5, 5.41) is 11.2. The first-order chi connectivity index (χ1) is 15.4. The van der Waals surface area contributed by atoms with Crippen LogP contribution >= 0.6 is 0 Å². The number of carbonyl (C=O) groups is 1. The summed E-state index contributed by atoms with van der Waals surface area (Å²) in [7, 11) is 0. The van der Waals surface area contributed by atoms with Crippen LogP contribution in [0.5, 0.6) is 5.75 Å². The van der Waals surface area contributed by atoms with Crippen LogP contribution in [0.1, 0.15) is 49.4 Å². The van der Waals surface area contributed by atoms with Gasteiger partial charge < -0.3 is 14.6 Å². The van der Waals surface area contributed by atoms with E-state index in [9.17, 15) is 9.90 Å². The zero-order chi connectivity index (χ0) is 21.9. The first-order valence-corrected chi connectivity index (χ1v) is 11.6. The van der Waals surface area contributed by atoms with Crippen molar-refractivity contribution in [2.75, 3.05) is 6.61 Å². The molecular formula is C28H28O4. The number of fused-ring (bicyclic) bond motifs is 1. The molecule has 4 aliphatic rings. The van der Waals surface area contributed by atoms with Crippen molar-refractivity contribution in [3.8, 4) is 16.9 Å². The Morgan fingerprint density at radius 3 is 2.44 bits per heavy atom. The highest BCUT2D eigenvalue weighted by Gasteiger charge is 2.57. The van der Waals surface area contributed by atoms with Gasteiger partial charge in [-0.3, -0.25) is 0 Å². The van der Waals surface area contributed by atoms with Gasteiger partial charge in [-0.15, -0.1) is 0 Å². The maximum atomic E-state index is 11.2. The molecule has 4 heteroatoms. The van der Waals surface area contributed by atoms with Crippen molar-refractivity contribution in [2.24, 2.45) is 11.8 Å². The van der Waals surface area contributed by atoms with Crippen LogP contribution in [0, 0.1) is 11.8 Å². The summed E-state index contributed by atoms with van der Waals surface area (Å²) in [6.45, 7) is 2.91. The van der Waals surface area contributed by atoms with Crippen molar-refractivity contribution in [1.82, 2.24) is 0 Å². The summed E-state index contributed by atoms with van der Waals surface area (Å²) < 4.78 is 13.0. The van der Waals surface area contributed by atoms with Gasteiger partial charge in [-0.1, -0.05) is 30.3 Å². The van der Waals surface area contributed by atoms with Crippen molar-refractivity contribution in [1.29, 1.82) is 0 Å². The number of hydrogen-bond acceptors (Lipinski definition) is 3. The molecule has 32 heavy (non-hydrogen) atoms. The van der Waals surface area contributed by atoms with Gasteiger partial charge in [0.1, 0.15) is 18.0 Å². The summed E-state index contributed by atoms with van der Waals surface area (Å²) >= 11 is 0. The topological polar surface area (TPSA) is 55.8 Å². The Morgan fingerprint density at radius 1 is 0.969 bits per heavy atom. The van der Waals surface area contributed by atoms with Crippen molar-refractivity contribution < 1.29 is 19.4 Å². The normalized spacial score (nSPS) is 30.5. The van der Waals surface area contributed by atoms with Gasteiger partial charge in [-0.2, -0.15) is 0 Å². The van der Waals surface area contributed by atoms with Gasteiger partial charge in [0.05, 0.1) is 11.2 Å². The van der Waals surface area contributed by atoms with E-state index in [1.807, 2.05) is 30.3 Å². The van der Waals surface area contributed by atoms with E-state index in [1.54, 1.807) is 12.1 Å². The van der Waals surface area contributed by atoms with Gasteiger partial charge in [0.15, 0.2) is 0 Å². The second kappa shape index (κ2) is 7.08. The molecule has 4 bridgehead atoms. The van der Waals surface area contributed by atoms with Crippen LogP contribution in [0.4, 0.5) is 0 Å². The van der Waals surface area contributed by atoms with Gasteiger partial charge in [0.25, 0.3) is 0 Å². The summed E-state index contributed by atoms with van der Waals surface area (Å²) in [6, 6.07) is 19.6. The average molecular weight is 429 g/mol. The Kier molecular flexibility index (Phi) is 4.38. The average Bonchev–Trinajstić information content (AvgIpc) is 2.75. The molecule has 164 valence electrons. The van der Waals surface area contributed by atoms with Crippen LogP contribution in [0.25, 0.3) is 21.9 Å². The lowest BCUT2D eigenvalue weighted by molar-refractivity contribution is -0.274. The second-order valence-corrected chi connectivity index (χ2v) is 10.4. The maximum absolute atomic E-state index is 11.2. The molecule has 2 saturated carbocycles. The predicted octanol–water partition coefficient (Wildman–Crippen LogP) is 6.32. The minimum absolute atomic E-state index is 0.0425. The molecule has 2 atom stereocenters. The van der Waals surface area contributed by atoms with Crippen LogP contribution < -0.4 is 4.74 Å². The van der Waals surface area contributed by atoms with E-state index in [4.69, 9.17) is 9.47 Å². The lowest BCUT2D eigenvalue weighted by Gasteiger charge is -2.60. The Bertz CT molecular complexity index is 1200. The number of hydrogen-bond donors (Lipinski definition) is 1. The number of rotatable bonds is 5. The zero-order valence-corrected chi connectivity index (χ0v) is 18.3. The monoisotopic (exact) mass is 428 g/mol. The molecule has 2 unspecified atom stereocenters. The second-order valence-electron chi connectivity index (χ2n) is 10.4. The third-order valence-corrected chi connectivity index (χ3v) is 7.65. The van der Waals surface area contributed by atoms with E-state index in [2.05, 4.69) is 25.1 Å².